The summed E-state index contributed by atoms with van der Waals surface area (Å²) < 4.78 is 43.6. The SMILES string of the molecule is COc1cc(C)c2[nH]c(=O)c(C(F)(F)F)c(C)c2c1. The number of hydrogen-bond donors (Lipinski definition) is 1. The van der Waals surface area contributed by atoms with Gasteiger partial charge in [0.05, 0.1) is 12.6 Å². The number of halogens is 3. The molecule has 1 aromatic heterocycles. The molecule has 102 valence electrons. The predicted octanol–water partition coefficient (Wildman–Crippen LogP) is 3.17. The lowest BCUT2D eigenvalue weighted by Gasteiger charge is -2.13. The zero-order chi connectivity index (χ0) is 14.4. The van der Waals surface area contributed by atoms with E-state index in [1.165, 1.54) is 20.1 Å². The van der Waals surface area contributed by atoms with Crippen LogP contribution in [0.15, 0.2) is 16.9 Å². The van der Waals surface area contributed by atoms with Crippen molar-refractivity contribution in [2.45, 2.75) is 20.0 Å². The summed E-state index contributed by atoms with van der Waals surface area (Å²) in [4.78, 5) is 13.9. The second-order valence-electron chi connectivity index (χ2n) is 4.32. The van der Waals surface area contributed by atoms with E-state index >= 15 is 0 Å². The number of pyridine rings is 1. The van der Waals surface area contributed by atoms with Gasteiger partial charge in [0.25, 0.3) is 5.56 Å². The van der Waals surface area contributed by atoms with E-state index in [2.05, 4.69) is 4.98 Å². The summed E-state index contributed by atoms with van der Waals surface area (Å²) in [6.45, 7) is 2.99. The Bertz CT molecular complexity index is 702. The largest absolute Gasteiger partial charge is 0.497 e. The van der Waals surface area contributed by atoms with Crippen LogP contribution in [-0.2, 0) is 6.18 Å². The lowest BCUT2D eigenvalue weighted by molar-refractivity contribution is -0.139. The van der Waals surface area contributed by atoms with Gasteiger partial charge in [-0.25, -0.2) is 0 Å². The highest BCUT2D eigenvalue weighted by atomic mass is 19.4. The maximum absolute atomic E-state index is 12.9. The lowest BCUT2D eigenvalue weighted by atomic mass is 10.0. The smallest absolute Gasteiger partial charge is 0.421 e. The minimum Gasteiger partial charge on any atom is -0.497 e. The number of aryl methyl sites for hydroxylation is 2. The first kappa shape index (κ1) is 13.5. The first-order chi connectivity index (χ1) is 8.75. The van der Waals surface area contributed by atoms with Crippen molar-refractivity contribution in [2.75, 3.05) is 7.11 Å². The van der Waals surface area contributed by atoms with Crippen LogP contribution in [0, 0.1) is 13.8 Å². The molecule has 1 heterocycles. The van der Waals surface area contributed by atoms with Crippen molar-refractivity contribution >= 4 is 10.9 Å². The highest BCUT2D eigenvalue weighted by molar-refractivity contribution is 5.87. The molecule has 6 heteroatoms. The number of H-pyrrole nitrogens is 1. The maximum Gasteiger partial charge on any atom is 0.421 e. The van der Waals surface area contributed by atoms with Crippen molar-refractivity contribution < 1.29 is 17.9 Å². The fraction of sp³-hybridized carbons (Fsp3) is 0.308. The molecule has 0 aliphatic rings. The first-order valence-electron chi connectivity index (χ1n) is 5.54. The molecule has 0 bridgehead atoms. The Morgan fingerprint density at radius 2 is 1.84 bits per heavy atom. The van der Waals surface area contributed by atoms with Crippen LogP contribution in [0.3, 0.4) is 0 Å². The molecule has 0 saturated heterocycles. The van der Waals surface area contributed by atoms with Crippen molar-refractivity contribution in [2.24, 2.45) is 0 Å². The monoisotopic (exact) mass is 271 g/mol. The first-order valence-corrected chi connectivity index (χ1v) is 5.54. The molecule has 0 atom stereocenters. The number of alkyl halides is 3. The number of fused-ring (bicyclic) bond motifs is 1. The van der Waals surface area contributed by atoms with Crippen LogP contribution in [0.2, 0.25) is 0 Å². The van der Waals surface area contributed by atoms with Crippen molar-refractivity contribution in [3.05, 3.63) is 39.2 Å². The Kier molecular flexibility index (Phi) is 3.04. The van der Waals surface area contributed by atoms with E-state index in [9.17, 15) is 18.0 Å². The van der Waals surface area contributed by atoms with Gasteiger partial charge in [0, 0.05) is 5.39 Å². The fourth-order valence-electron chi connectivity index (χ4n) is 2.16. The predicted molar refractivity (Wildman–Crippen MR) is 65.6 cm³/mol. The third-order valence-corrected chi connectivity index (χ3v) is 3.07. The summed E-state index contributed by atoms with van der Waals surface area (Å²) in [5.74, 6) is 0.452. The van der Waals surface area contributed by atoms with E-state index in [0.29, 0.717) is 22.2 Å². The van der Waals surface area contributed by atoms with E-state index in [-0.39, 0.29) is 5.56 Å². The van der Waals surface area contributed by atoms with E-state index in [0.717, 1.165) is 0 Å². The molecule has 19 heavy (non-hydrogen) atoms. The van der Waals surface area contributed by atoms with Gasteiger partial charge in [-0.2, -0.15) is 13.2 Å². The molecule has 0 aliphatic heterocycles. The normalized spacial score (nSPS) is 11.9. The molecule has 1 aromatic carbocycles. The number of benzene rings is 1. The fourth-order valence-corrected chi connectivity index (χ4v) is 2.16. The summed E-state index contributed by atoms with van der Waals surface area (Å²) in [7, 11) is 1.44. The molecule has 1 N–H and O–H groups in total. The van der Waals surface area contributed by atoms with E-state index in [4.69, 9.17) is 4.74 Å². The average molecular weight is 271 g/mol. The number of rotatable bonds is 1. The van der Waals surface area contributed by atoms with E-state index < -0.39 is 17.3 Å². The number of aromatic nitrogens is 1. The number of ether oxygens (including phenoxy) is 1. The molecule has 2 aromatic rings. The number of aromatic amines is 1. The van der Waals surface area contributed by atoms with Gasteiger partial charge in [-0.05, 0) is 37.1 Å². The number of nitrogens with one attached hydrogen (secondary N) is 1. The van der Waals surface area contributed by atoms with Crippen LogP contribution in [0.5, 0.6) is 5.75 Å². The molecule has 0 radical (unpaired) electrons. The second kappa shape index (κ2) is 4.29. The molecule has 0 amide bonds. The van der Waals surface area contributed by atoms with E-state index in [1.54, 1.807) is 13.0 Å². The third-order valence-electron chi connectivity index (χ3n) is 3.07. The molecule has 0 fully saturated rings. The topological polar surface area (TPSA) is 42.1 Å². The van der Waals surface area contributed by atoms with Crippen LogP contribution < -0.4 is 10.3 Å². The second-order valence-corrected chi connectivity index (χ2v) is 4.32. The van der Waals surface area contributed by atoms with Crippen molar-refractivity contribution in [1.82, 2.24) is 4.98 Å². The highest BCUT2D eigenvalue weighted by Gasteiger charge is 2.36. The summed E-state index contributed by atoms with van der Waals surface area (Å²) in [5.41, 5.74) is -1.31. The van der Waals surface area contributed by atoms with Gasteiger partial charge in [-0.1, -0.05) is 0 Å². The molecule has 0 saturated carbocycles. The van der Waals surface area contributed by atoms with Crippen molar-refractivity contribution in [3.8, 4) is 5.75 Å². The Morgan fingerprint density at radius 1 is 1.21 bits per heavy atom. The van der Waals surface area contributed by atoms with Gasteiger partial charge in [0.1, 0.15) is 11.3 Å². The van der Waals surface area contributed by atoms with Gasteiger partial charge in [0.15, 0.2) is 0 Å². The molecule has 0 spiro atoms. The minimum absolute atomic E-state index is 0.0896. The van der Waals surface area contributed by atoms with Gasteiger partial charge in [0.2, 0.25) is 0 Å². The molecule has 0 unspecified atom stereocenters. The summed E-state index contributed by atoms with van der Waals surface area (Å²) in [6.07, 6.45) is -4.68. The van der Waals surface area contributed by atoms with Crippen LogP contribution in [0.1, 0.15) is 16.7 Å². The molecule has 2 rings (SSSR count). The van der Waals surface area contributed by atoms with Crippen LogP contribution in [-0.4, -0.2) is 12.1 Å². The lowest BCUT2D eigenvalue weighted by Crippen LogP contribution is -2.23. The number of hydrogen-bond acceptors (Lipinski definition) is 2. The molecular formula is C13H12F3NO2. The summed E-state index contributed by atoms with van der Waals surface area (Å²) >= 11 is 0. The van der Waals surface area contributed by atoms with Gasteiger partial charge >= 0.3 is 6.18 Å². The Morgan fingerprint density at radius 3 is 2.37 bits per heavy atom. The van der Waals surface area contributed by atoms with Crippen LogP contribution >= 0.6 is 0 Å². The van der Waals surface area contributed by atoms with E-state index in [1.807, 2.05) is 0 Å². The zero-order valence-electron chi connectivity index (χ0n) is 10.6. The molecule has 0 aliphatic carbocycles. The van der Waals surface area contributed by atoms with Gasteiger partial charge in [-0.3, -0.25) is 4.79 Å². The molecular weight excluding hydrogens is 259 g/mol. The van der Waals surface area contributed by atoms with Gasteiger partial charge in [-0.15, -0.1) is 0 Å². The third kappa shape index (κ3) is 2.18. The summed E-state index contributed by atoms with van der Waals surface area (Å²) in [6, 6.07) is 3.15. The summed E-state index contributed by atoms with van der Waals surface area (Å²) in [5, 5.41) is 0.337. The zero-order valence-corrected chi connectivity index (χ0v) is 10.6. The van der Waals surface area contributed by atoms with Crippen molar-refractivity contribution in [1.29, 1.82) is 0 Å². The Labute approximate surface area is 107 Å². The van der Waals surface area contributed by atoms with Crippen molar-refractivity contribution in [3.63, 3.8) is 0 Å². The molecule has 3 nitrogen and oxygen atoms in total. The van der Waals surface area contributed by atoms with Gasteiger partial charge < -0.3 is 9.72 Å². The Balaban J connectivity index is 2.95. The van der Waals surface area contributed by atoms with Crippen LogP contribution in [0.25, 0.3) is 10.9 Å². The standard InChI is InChI=1S/C13H12F3NO2/c1-6-4-8(19-3)5-9-7(2)10(13(14,15)16)12(18)17-11(6)9/h4-5H,1-3H3,(H,17,18). The van der Waals surface area contributed by atoms with Crippen LogP contribution in [0.4, 0.5) is 13.2 Å². The average Bonchev–Trinajstić information content (AvgIpc) is 2.28. The maximum atomic E-state index is 12.9. The minimum atomic E-state index is -4.68. The number of methoxy groups -OCH3 is 1. The highest BCUT2D eigenvalue weighted by Crippen LogP contribution is 2.33. The Hall–Kier alpha value is -1.98. The quantitative estimate of drug-likeness (QED) is 0.865.